The number of hydrogen-bond acceptors (Lipinski definition) is 3. The molecule has 0 spiro atoms. The topological polar surface area (TPSA) is 58.6 Å². The first-order valence-corrected chi connectivity index (χ1v) is 6.19. The highest BCUT2D eigenvalue weighted by Gasteiger charge is 2.18. The second kappa shape index (κ2) is 7.09. The third-order valence-electron chi connectivity index (χ3n) is 2.75. The number of aliphatic hydroxyl groups is 1. The predicted molar refractivity (Wildman–Crippen MR) is 70.4 cm³/mol. The maximum atomic E-state index is 13.2. The van der Waals surface area contributed by atoms with Gasteiger partial charge >= 0.3 is 0 Å². The van der Waals surface area contributed by atoms with Gasteiger partial charge in [0.05, 0.1) is 0 Å². The summed E-state index contributed by atoms with van der Waals surface area (Å²) in [5.41, 5.74) is -0.178. The minimum Gasteiger partial charge on any atom is -0.481 e. The van der Waals surface area contributed by atoms with Gasteiger partial charge in [0.15, 0.2) is 18.2 Å². The van der Waals surface area contributed by atoms with Crippen molar-refractivity contribution in [2.45, 2.75) is 20.3 Å². The Morgan fingerprint density at radius 1 is 1.42 bits per heavy atom. The summed E-state index contributed by atoms with van der Waals surface area (Å²) in [7, 11) is 0. The van der Waals surface area contributed by atoms with Crippen LogP contribution in [0.2, 0.25) is 0 Å². The smallest absolute Gasteiger partial charge is 0.257 e. The molecule has 0 radical (unpaired) electrons. The Labute approximate surface area is 112 Å². The van der Waals surface area contributed by atoms with E-state index in [2.05, 4.69) is 5.32 Å². The first kappa shape index (κ1) is 15.4. The zero-order valence-corrected chi connectivity index (χ0v) is 11.3. The molecule has 0 fully saturated rings. The first-order chi connectivity index (χ1) is 8.94. The number of ether oxygens (including phenoxy) is 1. The van der Waals surface area contributed by atoms with Gasteiger partial charge in [0.2, 0.25) is 0 Å². The van der Waals surface area contributed by atoms with E-state index in [9.17, 15) is 9.18 Å². The van der Waals surface area contributed by atoms with Crippen molar-refractivity contribution in [3.05, 3.63) is 30.1 Å². The highest BCUT2D eigenvalue weighted by Crippen LogP contribution is 2.18. The summed E-state index contributed by atoms with van der Waals surface area (Å²) in [5.74, 6) is -0.738. The maximum Gasteiger partial charge on any atom is 0.257 e. The van der Waals surface area contributed by atoms with E-state index in [-0.39, 0.29) is 30.3 Å². The quantitative estimate of drug-likeness (QED) is 0.792. The van der Waals surface area contributed by atoms with Crippen molar-refractivity contribution in [1.82, 2.24) is 5.32 Å². The number of aliphatic hydroxyl groups excluding tert-OH is 1. The van der Waals surface area contributed by atoms with Crippen molar-refractivity contribution >= 4 is 5.91 Å². The number of halogens is 1. The molecule has 0 heterocycles. The van der Waals surface area contributed by atoms with Crippen molar-refractivity contribution in [2.24, 2.45) is 5.41 Å². The molecule has 1 aromatic carbocycles. The van der Waals surface area contributed by atoms with Crippen LogP contribution in [0, 0.1) is 11.2 Å². The van der Waals surface area contributed by atoms with Crippen LogP contribution in [-0.4, -0.2) is 30.8 Å². The van der Waals surface area contributed by atoms with Gasteiger partial charge in [-0.15, -0.1) is 0 Å². The lowest BCUT2D eigenvalue weighted by atomic mass is 9.90. The fourth-order valence-electron chi connectivity index (χ4n) is 1.49. The van der Waals surface area contributed by atoms with E-state index in [4.69, 9.17) is 9.84 Å². The summed E-state index contributed by atoms with van der Waals surface area (Å²) in [4.78, 5) is 11.6. The second-order valence-corrected chi connectivity index (χ2v) is 5.13. The van der Waals surface area contributed by atoms with E-state index >= 15 is 0 Å². The molecular formula is C14H20FNO3. The van der Waals surface area contributed by atoms with E-state index < -0.39 is 5.82 Å². The number of benzene rings is 1. The molecule has 0 saturated heterocycles. The summed E-state index contributed by atoms with van der Waals surface area (Å²) in [6.45, 7) is 4.18. The van der Waals surface area contributed by atoms with Crippen LogP contribution in [0.3, 0.4) is 0 Å². The molecule has 0 saturated carbocycles. The average molecular weight is 269 g/mol. The lowest BCUT2D eigenvalue weighted by molar-refractivity contribution is -0.123. The highest BCUT2D eigenvalue weighted by molar-refractivity contribution is 5.77. The molecule has 106 valence electrons. The number of hydrogen-bond donors (Lipinski definition) is 2. The van der Waals surface area contributed by atoms with Crippen LogP contribution < -0.4 is 10.1 Å². The normalized spacial score (nSPS) is 11.2. The summed E-state index contributed by atoms with van der Waals surface area (Å²) < 4.78 is 18.3. The number of carbonyl (C=O) groups is 1. The minimum atomic E-state index is -0.490. The summed E-state index contributed by atoms with van der Waals surface area (Å²) >= 11 is 0. The van der Waals surface area contributed by atoms with E-state index in [1.807, 2.05) is 13.8 Å². The van der Waals surface area contributed by atoms with E-state index in [1.54, 1.807) is 12.1 Å². The van der Waals surface area contributed by atoms with Gasteiger partial charge in [-0.2, -0.15) is 0 Å². The third kappa shape index (κ3) is 5.70. The Balaban J connectivity index is 2.35. The lowest BCUT2D eigenvalue weighted by Gasteiger charge is -2.23. The zero-order valence-electron chi connectivity index (χ0n) is 11.3. The molecule has 4 nitrogen and oxygen atoms in total. The zero-order chi connectivity index (χ0) is 14.3. The second-order valence-electron chi connectivity index (χ2n) is 5.13. The van der Waals surface area contributed by atoms with Gasteiger partial charge < -0.3 is 15.2 Å². The predicted octanol–water partition coefficient (Wildman–Crippen LogP) is 1.73. The molecule has 5 heteroatoms. The maximum absolute atomic E-state index is 13.2. The van der Waals surface area contributed by atoms with E-state index in [0.29, 0.717) is 13.0 Å². The highest BCUT2D eigenvalue weighted by atomic mass is 19.1. The molecule has 0 aliphatic carbocycles. The van der Waals surface area contributed by atoms with Crippen molar-refractivity contribution in [2.75, 3.05) is 19.8 Å². The molecule has 0 aromatic heterocycles. The molecule has 0 aliphatic rings. The molecule has 0 atom stereocenters. The molecule has 1 aromatic rings. The van der Waals surface area contributed by atoms with Gasteiger partial charge in [-0.25, -0.2) is 4.39 Å². The van der Waals surface area contributed by atoms with Crippen LogP contribution in [0.4, 0.5) is 4.39 Å². The van der Waals surface area contributed by atoms with Crippen LogP contribution in [-0.2, 0) is 4.79 Å². The van der Waals surface area contributed by atoms with Gasteiger partial charge in [0.25, 0.3) is 5.91 Å². The van der Waals surface area contributed by atoms with E-state index in [1.165, 1.54) is 12.1 Å². The summed E-state index contributed by atoms with van der Waals surface area (Å²) in [6.07, 6.45) is 0.599. The Morgan fingerprint density at radius 3 is 2.74 bits per heavy atom. The molecule has 0 aliphatic heterocycles. The standard InChI is InChI=1S/C14H20FNO3/c1-14(2,7-8-17)10-16-13(18)9-19-12-6-4-3-5-11(12)15/h3-6,17H,7-10H2,1-2H3,(H,16,18). The van der Waals surface area contributed by atoms with Crippen LogP contribution in [0.25, 0.3) is 0 Å². The number of rotatable bonds is 7. The van der Waals surface area contributed by atoms with Gasteiger partial charge in [-0.05, 0) is 24.0 Å². The molecule has 19 heavy (non-hydrogen) atoms. The molecule has 1 rings (SSSR count). The first-order valence-electron chi connectivity index (χ1n) is 6.19. The van der Waals surface area contributed by atoms with Crippen LogP contribution in [0.15, 0.2) is 24.3 Å². The Bertz CT molecular complexity index is 421. The largest absolute Gasteiger partial charge is 0.481 e. The fraction of sp³-hybridized carbons (Fsp3) is 0.500. The van der Waals surface area contributed by atoms with Gasteiger partial charge in [0.1, 0.15) is 0 Å². The number of para-hydroxylation sites is 1. The average Bonchev–Trinajstić information content (AvgIpc) is 2.35. The SMILES string of the molecule is CC(C)(CCO)CNC(=O)COc1ccccc1F. The number of nitrogens with one attached hydrogen (secondary N) is 1. The van der Waals surface area contributed by atoms with Gasteiger partial charge in [-0.1, -0.05) is 26.0 Å². The fourth-order valence-corrected chi connectivity index (χ4v) is 1.49. The molecule has 0 unspecified atom stereocenters. The Morgan fingerprint density at radius 2 is 2.11 bits per heavy atom. The van der Waals surface area contributed by atoms with Gasteiger partial charge in [0, 0.05) is 13.2 Å². The molecule has 0 bridgehead atoms. The molecular weight excluding hydrogens is 249 g/mol. The molecule has 1 amide bonds. The van der Waals surface area contributed by atoms with E-state index in [0.717, 1.165) is 0 Å². The minimum absolute atomic E-state index is 0.0623. The monoisotopic (exact) mass is 269 g/mol. The summed E-state index contributed by atoms with van der Waals surface area (Å²) in [5, 5.41) is 11.6. The van der Waals surface area contributed by atoms with Crippen molar-refractivity contribution in [3.8, 4) is 5.75 Å². The van der Waals surface area contributed by atoms with Crippen LogP contribution in [0.1, 0.15) is 20.3 Å². The van der Waals surface area contributed by atoms with Crippen molar-refractivity contribution in [1.29, 1.82) is 0 Å². The van der Waals surface area contributed by atoms with Crippen molar-refractivity contribution < 1.29 is 19.0 Å². The Kier molecular flexibility index (Phi) is 5.76. The molecule has 2 N–H and O–H groups in total. The van der Waals surface area contributed by atoms with Crippen LogP contribution in [0.5, 0.6) is 5.75 Å². The lowest BCUT2D eigenvalue weighted by Crippen LogP contribution is -2.37. The summed E-state index contributed by atoms with van der Waals surface area (Å²) in [6, 6.07) is 5.94. The van der Waals surface area contributed by atoms with Gasteiger partial charge in [-0.3, -0.25) is 4.79 Å². The van der Waals surface area contributed by atoms with Crippen molar-refractivity contribution in [3.63, 3.8) is 0 Å². The van der Waals surface area contributed by atoms with Crippen LogP contribution >= 0.6 is 0 Å². The number of amides is 1. The Hall–Kier alpha value is -1.62. The third-order valence-corrected chi connectivity index (χ3v) is 2.75. The number of carbonyl (C=O) groups excluding carboxylic acids is 1.